The highest BCUT2D eigenvalue weighted by Gasteiger charge is 2.31. The van der Waals surface area contributed by atoms with Crippen molar-refractivity contribution in [3.8, 4) is 11.4 Å². The Morgan fingerprint density at radius 2 is 2.13 bits per heavy atom. The molecule has 0 aliphatic heterocycles. The Morgan fingerprint density at radius 3 is 2.87 bits per heavy atom. The maximum absolute atomic E-state index is 13.9. The third-order valence-electron chi connectivity index (χ3n) is 5.08. The van der Waals surface area contributed by atoms with Crippen molar-refractivity contribution in [3.05, 3.63) is 65.5 Å². The van der Waals surface area contributed by atoms with E-state index in [9.17, 15) is 4.39 Å². The lowest BCUT2D eigenvalue weighted by atomic mass is 10.1. The second-order valence-electron chi connectivity index (χ2n) is 7.46. The van der Waals surface area contributed by atoms with Gasteiger partial charge in [0.1, 0.15) is 17.4 Å². The molecule has 4 aromatic rings. The Bertz CT molecular complexity index is 1170. The Hall–Kier alpha value is -2.94. The lowest BCUT2D eigenvalue weighted by molar-refractivity contribution is 0.380. The fourth-order valence-electron chi connectivity index (χ4n) is 3.20. The van der Waals surface area contributed by atoms with Crippen molar-refractivity contribution >= 4 is 11.8 Å². The first-order valence-electron chi connectivity index (χ1n) is 9.80. The molecule has 0 N–H and O–H groups in total. The molecular formula is C21H20FN5O2S. The van der Waals surface area contributed by atoms with Crippen molar-refractivity contribution < 1.29 is 13.3 Å². The summed E-state index contributed by atoms with van der Waals surface area (Å²) in [6.07, 6.45) is 3.94. The van der Waals surface area contributed by atoms with Gasteiger partial charge >= 0.3 is 0 Å². The van der Waals surface area contributed by atoms with Crippen molar-refractivity contribution in [2.75, 3.05) is 0 Å². The predicted molar refractivity (Wildman–Crippen MR) is 109 cm³/mol. The summed E-state index contributed by atoms with van der Waals surface area (Å²) in [6, 6.07) is 8.73. The van der Waals surface area contributed by atoms with Crippen LogP contribution in [0.15, 0.2) is 50.7 Å². The van der Waals surface area contributed by atoms with Crippen LogP contribution in [-0.4, -0.2) is 24.9 Å². The summed E-state index contributed by atoms with van der Waals surface area (Å²) in [5, 5.41) is 13.5. The van der Waals surface area contributed by atoms with Crippen molar-refractivity contribution in [2.24, 2.45) is 0 Å². The normalized spacial score (nSPS) is 14.9. The largest absolute Gasteiger partial charge is 0.467 e. The fourth-order valence-corrected chi connectivity index (χ4v) is 4.08. The van der Waals surface area contributed by atoms with E-state index in [0.29, 0.717) is 35.3 Å². The zero-order valence-corrected chi connectivity index (χ0v) is 17.4. The number of hydrogen-bond donors (Lipinski definition) is 0. The first-order chi connectivity index (χ1) is 14.6. The molecular weight excluding hydrogens is 405 g/mol. The molecule has 0 saturated heterocycles. The summed E-state index contributed by atoms with van der Waals surface area (Å²) in [7, 11) is 0. The lowest BCUT2D eigenvalue weighted by Crippen LogP contribution is -2.06. The van der Waals surface area contributed by atoms with Crippen LogP contribution in [0.4, 0.5) is 4.39 Å². The van der Waals surface area contributed by atoms with E-state index in [-0.39, 0.29) is 11.1 Å². The van der Waals surface area contributed by atoms with Crippen molar-refractivity contribution in [2.45, 2.75) is 49.6 Å². The average molecular weight is 425 g/mol. The average Bonchev–Trinajstić information content (AvgIpc) is 3.11. The lowest BCUT2D eigenvalue weighted by Gasteiger charge is -2.10. The van der Waals surface area contributed by atoms with E-state index in [2.05, 4.69) is 24.9 Å². The van der Waals surface area contributed by atoms with E-state index < -0.39 is 0 Å². The Kier molecular flexibility index (Phi) is 4.90. The molecule has 30 heavy (non-hydrogen) atoms. The molecule has 1 aromatic carbocycles. The number of benzene rings is 1. The van der Waals surface area contributed by atoms with Crippen LogP contribution in [0.3, 0.4) is 0 Å². The third-order valence-corrected chi connectivity index (χ3v) is 6.15. The molecule has 7 nitrogen and oxygen atoms in total. The monoisotopic (exact) mass is 425 g/mol. The number of aryl methyl sites for hydroxylation is 1. The second kappa shape index (κ2) is 7.71. The minimum atomic E-state index is -0.292. The molecule has 154 valence electrons. The van der Waals surface area contributed by atoms with Gasteiger partial charge in [0.15, 0.2) is 5.16 Å². The quantitative estimate of drug-likeness (QED) is 0.379. The van der Waals surface area contributed by atoms with Gasteiger partial charge in [-0.1, -0.05) is 29.1 Å². The van der Waals surface area contributed by atoms with Crippen LogP contribution in [0.1, 0.15) is 54.0 Å². The summed E-state index contributed by atoms with van der Waals surface area (Å²) in [5.74, 6) is 2.84. The van der Waals surface area contributed by atoms with Gasteiger partial charge in [-0.25, -0.2) is 4.39 Å². The van der Waals surface area contributed by atoms with Gasteiger partial charge in [0.05, 0.1) is 18.1 Å². The van der Waals surface area contributed by atoms with Gasteiger partial charge in [0.25, 0.3) is 0 Å². The van der Waals surface area contributed by atoms with E-state index in [4.69, 9.17) is 8.94 Å². The molecule has 3 aromatic heterocycles. The van der Waals surface area contributed by atoms with Gasteiger partial charge in [-0.2, -0.15) is 4.98 Å². The Balaban J connectivity index is 1.37. The van der Waals surface area contributed by atoms with Gasteiger partial charge in [-0.05, 0) is 50.5 Å². The fraction of sp³-hybridized carbons (Fsp3) is 0.333. The minimum Gasteiger partial charge on any atom is -0.467 e. The molecule has 1 saturated carbocycles. The van der Waals surface area contributed by atoms with Crippen LogP contribution < -0.4 is 0 Å². The molecule has 5 rings (SSSR count). The summed E-state index contributed by atoms with van der Waals surface area (Å²) >= 11 is 1.50. The minimum absolute atomic E-state index is 0.145. The van der Waals surface area contributed by atoms with Crippen LogP contribution >= 0.6 is 11.8 Å². The van der Waals surface area contributed by atoms with Crippen molar-refractivity contribution in [1.29, 1.82) is 0 Å². The second-order valence-corrected chi connectivity index (χ2v) is 8.77. The first kappa shape index (κ1) is 19.0. The highest BCUT2D eigenvalue weighted by atomic mass is 32.2. The van der Waals surface area contributed by atoms with E-state index in [1.165, 1.54) is 17.8 Å². The summed E-state index contributed by atoms with van der Waals surface area (Å²) < 4.78 is 27.0. The molecule has 1 aliphatic rings. The topological polar surface area (TPSA) is 82.8 Å². The molecule has 0 bridgehead atoms. The van der Waals surface area contributed by atoms with Crippen molar-refractivity contribution in [1.82, 2.24) is 24.9 Å². The molecule has 9 heteroatoms. The molecule has 0 amide bonds. The van der Waals surface area contributed by atoms with Crippen LogP contribution in [-0.2, 0) is 6.54 Å². The van der Waals surface area contributed by atoms with Gasteiger partial charge in [-0.3, -0.25) is 4.57 Å². The van der Waals surface area contributed by atoms with Crippen LogP contribution in [0.25, 0.3) is 11.4 Å². The van der Waals surface area contributed by atoms with Gasteiger partial charge in [0.2, 0.25) is 11.7 Å². The zero-order chi connectivity index (χ0) is 20.7. The molecule has 1 aliphatic carbocycles. The molecule has 1 atom stereocenters. The smallest absolute Gasteiger partial charge is 0.240 e. The third kappa shape index (κ3) is 3.77. The molecule has 3 heterocycles. The number of furan rings is 1. The van der Waals surface area contributed by atoms with Gasteiger partial charge < -0.3 is 8.94 Å². The maximum Gasteiger partial charge on any atom is 0.240 e. The van der Waals surface area contributed by atoms with Crippen LogP contribution in [0.2, 0.25) is 0 Å². The van der Waals surface area contributed by atoms with Crippen LogP contribution in [0.5, 0.6) is 0 Å². The van der Waals surface area contributed by atoms with Gasteiger partial charge in [0, 0.05) is 11.5 Å². The number of hydrogen-bond acceptors (Lipinski definition) is 7. The molecule has 1 unspecified atom stereocenters. The Labute approximate surface area is 176 Å². The highest BCUT2D eigenvalue weighted by molar-refractivity contribution is 7.99. The maximum atomic E-state index is 13.9. The van der Waals surface area contributed by atoms with E-state index in [1.807, 2.05) is 19.1 Å². The SMILES string of the molecule is Cc1ccc(-c2noc(C(C)Sc3nnc(C4CC4)n3Cc3ccco3)n2)cc1F. The predicted octanol–water partition coefficient (Wildman–Crippen LogP) is 5.15. The van der Waals surface area contributed by atoms with E-state index in [0.717, 1.165) is 29.6 Å². The number of thioether (sulfide) groups is 1. The molecule has 1 fully saturated rings. The number of nitrogens with zero attached hydrogens (tertiary/aromatic N) is 5. The van der Waals surface area contributed by atoms with Crippen LogP contribution in [0, 0.1) is 12.7 Å². The highest BCUT2D eigenvalue weighted by Crippen LogP contribution is 2.42. The molecule has 0 radical (unpaired) electrons. The number of halogens is 1. The summed E-state index contributed by atoms with van der Waals surface area (Å²) in [4.78, 5) is 4.47. The number of aromatic nitrogens is 5. The number of rotatable bonds is 7. The summed E-state index contributed by atoms with van der Waals surface area (Å²) in [5.41, 5.74) is 1.16. The summed E-state index contributed by atoms with van der Waals surface area (Å²) in [6.45, 7) is 4.27. The standard InChI is InChI=1S/C21H20FN5O2S/c1-12-5-6-15(10-17(12)22)18-23-20(29-26-18)13(2)30-21-25-24-19(14-7-8-14)27(21)11-16-4-3-9-28-16/h3-6,9-10,13-14H,7-8,11H2,1-2H3. The van der Waals surface area contributed by atoms with E-state index >= 15 is 0 Å². The van der Waals surface area contributed by atoms with E-state index in [1.54, 1.807) is 25.3 Å². The zero-order valence-electron chi connectivity index (χ0n) is 16.6. The molecule has 0 spiro atoms. The van der Waals surface area contributed by atoms with Crippen molar-refractivity contribution in [3.63, 3.8) is 0 Å². The first-order valence-corrected chi connectivity index (χ1v) is 10.7. The van der Waals surface area contributed by atoms with Gasteiger partial charge in [-0.15, -0.1) is 10.2 Å². The Morgan fingerprint density at radius 1 is 1.27 bits per heavy atom.